The fourth-order valence-corrected chi connectivity index (χ4v) is 4.26. The summed E-state index contributed by atoms with van der Waals surface area (Å²) in [7, 11) is 1.58. The molecule has 0 spiro atoms. The van der Waals surface area contributed by atoms with Crippen molar-refractivity contribution in [3.05, 3.63) is 0 Å². The van der Waals surface area contributed by atoms with E-state index in [0.717, 1.165) is 0 Å². The summed E-state index contributed by atoms with van der Waals surface area (Å²) in [5.74, 6) is -1.10. The molecule has 3 aliphatic heterocycles. The number of esters is 1. The molecule has 120 valence electrons. The normalized spacial score (nSPS) is 46.4. The summed E-state index contributed by atoms with van der Waals surface area (Å²) in [6.07, 6.45) is -2.98. The van der Waals surface area contributed by atoms with Gasteiger partial charge < -0.3 is 28.8 Å². The number of methoxy groups -OCH3 is 1. The van der Waals surface area contributed by atoms with E-state index in [0.29, 0.717) is 0 Å². The summed E-state index contributed by atoms with van der Waals surface area (Å²) in [6.45, 7) is 3.64. The summed E-state index contributed by atoms with van der Waals surface area (Å²) >= 11 is 2.13. The predicted molar refractivity (Wildman–Crippen MR) is 77.8 cm³/mol. The minimum absolute atomic E-state index is 0.0153. The molecule has 21 heavy (non-hydrogen) atoms. The molecule has 1 N–H and O–H groups in total. The van der Waals surface area contributed by atoms with E-state index in [1.54, 1.807) is 7.11 Å². The monoisotopic (exact) mass is 414 g/mol. The average Bonchev–Trinajstić information content (AvgIpc) is 2.97. The Labute approximate surface area is 136 Å². The van der Waals surface area contributed by atoms with Crippen molar-refractivity contribution in [1.82, 2.24) is 0 Å². The summed E-state index contributed by atoms with van der Waals surface area (Å²) < 4.78 is 27.9. The van der Waals surface area contributed by atoms with Gasteiger partial charge in [-0.25, -0.2) is 0 Å². The smallest absolute Gasteiger partial charge is 0.308 e. The molecular formula is C13H19IO7. The van der Waals surface area contributed by atoms with Gasteiger partial charge in [-0.05, 0) is 13.8 Å². The van der Waals surface area contributed by atoms with Crippen LogP contribution < -0.4 is 0 Å². The Balaban J connectivity index is 1.73. The van der Waals surface area contributed by atoms with Crippen LogP contribution in [0, 0.1) is 0 Å². The van der Waals surface area contributed by atoms with Crippen molar-refractivity contribution < 1.29 is 33.6 Å². The van der Waals surface area contributed by atoms with Crippen LogP contribution in [0.15, 0.2) is 0 Å². The maximum absolute atomic E-state index is 11.3. The Kier molecular flexibility index (Phi) is 4.21. The number of ether oxygens (including phenoxy) is 5. The van der Waals surface area contributed by atoms with Gasteiger partial charge in [0.1, 0.15) is 30.5 Å². The van der Waals surface area contributed by atoms with E-state index in [-0.39, 0.29) is 28.7 Å². The largest absolute Gasteiger partial charge is 0.458 e. The molecule has 0 aromatic carbocycles. The average molecular weight is 414 g/mol. The third kappa shape index (κ3) is 2.81. The first kappa shape index (κ1) is 15.9. The molecule has 0 aliphatic carbocycles. The molecule has 0 aromatic heterocycles. The third-order valence-corrected chi connectivity index (χ3v) is 5.37. The molecule has 3 rings (SSSR count). The van der Waals surface area contributed by atoms with Crippen LogP contribution in [0.4, 0.5) is 0 Å². The van der Waals surface area contributed by atoms with Gasteiger partial charge in [0, 0.05) is 7.11 Å². The van der Waals surface area contributed by atoms with Crippen molar-refractivity contribution in [3.63, 3.8) is 0 Å². The van der Waals surface area contributed by atoms with E-state index in [2.05, 4.69) is 22.6 Å². The van der Waals surface area contributed by atoms with Crippen molar-refractivity contribution in [3.8, 4) is 0 Å². The van der Waals surface area contributed by atoms with Gasteiger partial charge in [-0.3, -0.25) is 4.79 Å². The molecule has 7 atom stereocenters. The van der Waals surface area contributed by atoms with E-state index in [9.17, 15) is 9.90 Å². The van der Waals surface area contributed by atoms with Gasteiger partial charge in [0.15, 0.2) is 12.1 Å². The van der Waals surface area contributed by atoms with Gasteiger partial charge in [0.2, 0.25) is 0 Å². The molecule has 3 fully saturated rings. The Morgan fingerprint density at radius 1 is 1.38 bits per heavy atom. The lowest BCUT2D eigenvalue weighted by molar-refractivity contribution is -0.218. The van der Waals surface area contributed by atoms with Gasteiger partial charge in [-0.15, -0.1) is 0 Å². The van der Waals surface area contributed by atoms with E-state index in [1.807, 2.05) is 13.8 Å². The summed E-state index contributed by atoms with van der Waals surface area (Å²) in [5, 5.41) is 9.93. The number of cyclic esters (lactones) is 1. The summed E-state index contributed by atoms with van der Waals surface area (Å²) in [5.41, 5.74) is 0. The van der Waals surface area contributed by atoms with Crippen LogP contribution in [0.25, 0.3) is 0 Å². The van der Waals surface area contributed by atoms with E-state index in [4.69, 9.17) is 23.7 Å². The highest BCUT2D eigenvalue weighted by Gasteiger charge is 2.58. The highest BCUT2D eigenvalue weighted by Crippen LogP contribution is 2.42. The molecule has 3 aliphatic rings. The standard InChI is InChI=1S/C13H19IO7/c1-13(2)20-11-10(17-3)9(19-12(11)21-13)7(14)8-5(15)4-6(16)18-8/h5,7-12,15H,4H2,1-3H3/t5-,7-,8-,9-,10+,11+,12+/m0/s1. The minimum Gasteiger partial charge on any atom is -0.458 e. The number of aliphatic hydroxyl groups excluding tert-OH is 1. The van der Waals surface area contributed by atoms with Crippen LogP contribution in [0.2, 0.25) is 0 Å². The summed E-state index contributed by atoms with van der Waals surface area (Å²) in [6, 6.07) is 0. The highest BCUT2D eigenvalue weighted by atomic mass is 127. The van der Waals surface area contributed by atoms with Crippen molar-refractivity contribution in [2.45, 2.75) is 66.8 Å². The first-order valence-electron chi connectivity index (χ1n) is 6.88. The number of carbonyl (C=O) groups excluding carboxylic acids is 1. The Bertz CT molecular complexity index is 429. The van der Waals surface area contributed by atoms with Crippen LogP contribution in [0.3, 0.4) is 0 Å². The lowest BCUT2D eigenvalue weighted by Crippen LogP contribution is -2.46. The van der Waals surface area contributed by atoms with E-state index >= 15 is 0 Å². The number of carbonyl (C=O) groups is 1. The Morgan fingerprint density at radius 2 is 2.10 bits per heavy atom. The molecule has 0 aromatic rings. The number of rotatable bonds is 3. The zero-order valence-electron chi connectivity index (χ0n) is 12.0. The predicted octanol–water partition coefficient (Wildman–Crippen LogP) is 0.358. The number of hydrogen-bond donors (Lipinski definition) is 1. The maximum atomic E-state index is 11.3. The van der Waals surface area contributed by atoms with Gasteiger partial charge in [-0.1, -0.05) is 22.6 Å². The Morgan fingerprint density at radius 3 is 2.67 bits per heavy atom. The zero-order valence-corrected chi connectivity index (χ0v) is 14.2. The van der Waals surface area contributed by atoms with Crippen LogP contribution in [-0.2, 0) is 28.5 Å². The lowest BCUT2D eigenvalue weighted by Gasteiger charge is -2.30. The van der Waals surface area contributed by atoms with Gasteiger partial charge in [0.05, 0.1) is 10.3 Å². The first-order valence-corrected chi connectivity index (χ1v) is 8.12. The fourth-order valence-electron chi connectivity index (χ4n) is 3.06. The molecule has 3 saturated heterocycles. The highest BCUT2D eigenvalue weighted by molar-refractivity contribution is 14.1. The zero-order chi connectivity index (χ0) is 15.4. The van der Waals surface area contributed by atoms with Crippen LogP contribution >= 0.6 is 22.6 Å². The van der Waals surface area contributed by atoms with E-state index < -0.39 is 30.3 Å². The SMILES string of the molecule is CO[C@H]1[C@H]2OC(C)(C)O[C@H]2O[C@H]1[C@@H](I)[C@H]1OC(=O)C[C@@H]1O. The number of halogens is 1. The molecule has 8 heteroatoms. The second-order valence-electron chi connectivity index (χ2n) is 5.94. The molecule has 7 nitrogen and oxygen atoms in total. The second kappa shape index (κ2) is 5.57. The van der Waals surface area contributed by atoms with Crippen LogP contribution in [0.1, 0.15) is 20.3 Å². The van der Waals surface area contributed by atoms with Crippen molar-refractivity contribution in [2.75, 3.05) is 7.11 Å². The second-order valence-corrected chi connectivity index (χ2v) is 7.38. The van der Waals surface area contributed by atoms with Crippen LogP contribution in [0.5, 0.6) is 0 Å². The lowest BCUT2D eigenvalue weighted by atomic mass is 10.0. The summed E-state index contributed by atoms with van der Waals surface area (Å²) in [4.78, 5) is 11.3. The molecule has 0 bridgehead atoms. The third-order valence-electron chi connectivity index (χ3n) is 3.95. The molecular weight excluding hydrogens is 395 g/mol. The number of hydrogen-bond acceptors (Lipinski definition) is 7. The first-order chi connectivity index (χ1) is 9.82. The molecule has 0 radical (unpaired) electrons. The van der Waals surface area contributed by atoms with Gasteiger partial charge >= 0.3 is 5.97 Å². The topological polar surface area (TPSA) is 83.5 Å². The number of aliphatic hydroxyl groups is 1. The van der Waals surface area contributed by atoms with Gasteiger partial charge in [0.25, 0.3) is 0 Å². The van der Waals surface area contributed by atoms with Crippen LogP contribution in [-0.4, -0.2) is 64.7 Å². The van der Waals surface area contributed by atoms with Gasteiger partial charge in [-0.2, -0.15) is 0 Å². The maximum Gasteiger partial charge on any atom is 0.308 e. The molecule has 0 saturated carbocycles. The quantitative estimate of drug-likeness (QED) is 0.406. The minimum atomic E-state index is -0.820. The van der Waals surface area contributed by atoms with E-state index in [1.165, 1.54) is 0 Å². The molecule has 3 heterocycles. The Hall–Kier alpha value is -0.0000000000000000763. The molecule has 0 amide bonds. The molecule has 0 unspecified atom stereocenters. The van der Waals surface area contributed by atoms with Crippen molar-refractivity contribution in [2.24, 2.45) is 0 Å². The fraction of sp³-hybridized carbons (Fsp3) is 0.923. The number of fused-ring (bicyclic) bond motifs is 1. The number of alkyl halides is 1. The van der Waals surface area contributed by atoms with Crippen molar-refractivity contribution >= 4 is 28.6 Å². The van der Waals surface area contributed by atoms with Crippen molar-refractivity contribution in [1.29, 1.82) is 0 Å².